The molecule has 1 aromatic carbocycles. The molecule has 0 saturated carbocycles. The van der Waals surface area contributed by atoms with Crippen LogP contribution in [0.25, 0.3) is 0 Å². The first-order chi connectivity index (χ1) is 20.1. The first-order valence-corrected chi connectivity index (χ1v) is 16.4. The van der Waals surface area contributed by atoms with Gasteiger partial charge < -0.3 is 19.8 Å². The molecule has 0 aromatic heterocycles. The van der Waals surface area contributed by atoms with E-state index in [1.54, 1.807) is 28.8 Å². The number of carbonyl (C=O) groups is 3. The Kier molecular flexibility index (Phi) is 10.3. The first kappa shape index (κ1) is 32.3. The molecular weight excluding hydrogens is 546 g/mol. The summed E-state index contributed by atoms with van der Waals surface area (Å²) in [5, 5.41) is 10.6. The van der Waals surface area contributed by atoms with Crippen molar-refractivity contribution in [1.29, 1.82) is 0 Å². The molecule has 1 N–H and O–H groups in total. The molecule has 3 heterocycles. The maximum atomic E-state index is 14.7. The number of aliphatic hydroxyl groups excluding tert-OH is 1. The highest BCUT2D eigenvalue weighted by Crippen LogP contribution is 2.72. The number of likely N-dealkylation sites (tertiary alicyclic amines) is 1. The van der Waals surface area contributed by atoms with Crippen LogP contribution >= 0.6 is 11.8 Å². The minimum Gasteiger partial charge on any atom is -0.394 e. The summed E-state index contributed by atoms with van der Waals surface area (Å²) in [6.45, 7) is 17.6. The maximum Gasteiger partial charge on any atom is 0.247 e. The van der Waals surface area contributed by atoms with Gasteiger partial charge in [0.15, 0.2) is 0 Å². The number of nitrogens with zero attached hydrogens (tertiary/aromatic N) is 3. The smallest absolute Gasteiger partial charge is 0.247 e. The molecule has 3 aliphatic rings. The molecule has 7 nitrogen and oxygen atoms in total. The Morgan fingerprint density at radius 3 is 2.38 bits per heavy atom. The second kappa shape index (κ2) is 13.4. The number of benzene rings is 1. The molecule has 2 bridgehead atoms. The van der Waals surface area contributed by atoms with E-state index in [-0.39, 0.29) is 30.2 Å². The summed E-state index contributed by atoms with van der Waals surface area (Å²) in [6, 6.07) is 8.65. The normalized spacial score (nSPS) is 29.2. The number of unbranched alkanes of at least 4 members (excludes halogenated alkanes) is 1. The minimum absolute atomic E-state index is 0.00439. The number of hydrogen-bond acceptors (Lipinski definition) is 5. The average molecular weight is 596 g/mol. The van der Waals surface area contributed by atoms with Crippen LogP contribution in [0.5, 0.6) is 0 Å². The Balaban J connectivity index is 1.80. The molecule has 1 spiro atoms. The predicted octanol–water partition coefficient (Wildman–Crippen LogP) is 4.90. The molecule has 3 saturated heterocycles. The molecule has 3 fully saturated rings. The van der Waals surface area contributed by atoms with Crippen LogP contribution < -0.4 is 0 Å². The zero-order valence-electron chi connectivity index (χ0n) is 25.8. The molecule has 2 unspecified atom stereocenters. The fraction of sp³-hybridized carbons (Fsp3) is 0.618. The molecule has 1 aromatic rings. The van der Waals surface area contributed by atoms with Gasteiger partial charge >= 0.3 is 0 Å². The molecule has 7 atom stereocenters. The summed E-state index contributed by atoms with van der Waals surface area (Å²) in [6.07, 6.45) is 7.48. The van der Waals surface area contributed by atoms with Crippen LogP contribution in [0.15, 0.2) is 55.6 Å². The van der Waals surface area contributed by atoms with Crippen LogP contribution in [-0.4, -0.2) is 85.3 Å². The quantitative estimate of drug-likeness (QED) is 0.292. The molecule has 3 amide bonds. The van der Waals surface area contributed by atoms with E-state index in [0.717, 1.165) is 31.2 Å². The van der Waals surface area contributed by atoms with Crippen molar-refractivity contribution >= 4 is 29.5 Å². The zero-order valence-corrected chi connectivity index (χ0v) is 26.7. The van der Waals surface area contributed by atoms with Crippen LogP contribution in [0.2, 0.25) is 0 Å². The molecule has 8 heteroatoms. The number of rotatable bonds is 15. The third-order valence-corrected chi connectivity index (χ3v) is 11.9. The van der Waals surface area contributed by atoms with Gasteiger partial charge in [0, 0.05) is 30.9 Å². The van der Waals surface area contributed by atoms with Gasteiger partial charge in [0.2, 0.25) is 17.7 Å². The standard InChI is InChI=1S/C34H49N3O4S/c1-7-11-21-35(19-8-2)32(41)29-34-18-17-33(6,42-34)27(28(34)31(40)37(29)26(23-38)24(5)10-4)30(39)36(20-9-3)22-25-15-13-12-14-16-25/h8-9,12-16,24,26-29,38H,2-3,7,10-11,17-23H2,1,4-6H3/t24-,26-,27-,28-,29?,33+,34?/m0/s1. The lowest BCUT2D eigenvalue weighted by atomic mass is 9.66. The lowest BCUT2D eigenvalue weighted by Gasteiger charge is -2.41. The third kappa shape index (κ3) is 5.57. The fourth-order valence-corrected chi connectivity index (χ4v) is 9.88. The Morgan fingerprint density at radius 2 is 1.79 bits per heavy atom. The molecular formula is C34H49N3O4S. The SMILES string of the molecule is C=CCN(CCCC)C(=O)C1N([C@@H](CO)[C@@H](C)CC)C(=O)[C@@H]2[C@@H](C(=O)N(CC=C)Cc3ccccc3)[C@@]3(C)CCC12S3. The molecule has 0 aliphatic carbocycles. The van der Waals surface area contributed by atoms with Crippen LogP contribution in [0.3, 0.4) is 0 Å². The van der Waals surface area contributed by atoms with Crippen LogP contribution in [0.1, 0.15) is 65.4 Å². The number of hydrogen-bond donors (Lipinski definition) is 1. The molecule has 0 radical (unpaired) electrons. The highest BCUT2D eigenvalue weighted by Gasteiger charge is 2.78. The Morgan fingerprint density at radius 1 is 1.12 bits per heavy atom. The number of amides is 3. The van der Waals surface area contributed by atoms with Crippen molar-refractivity contribution in [2.45, 2.75) is 87.9 Å². The van der Waals surface area contributed by atoms with Crippen molar-refractivity contribution in [2.75, 3.05) is 26.2 Å². The number of aliphatic hydroxyl groups is 1. The van der Waals surface area contributed by atoms with Gasteiger partial charge in [-0.25, -0.2) is 0 Å². The minimum atomic E-state index is -0.732. The van der Waals surface area contributed by atoms with Crippen LogP contribution in [0.4, 0.5) is 0 Å². The van der Waals surface area contributed by atoms with Crippen molar-refractivity contribution < 1.29 is 19.5 Å². The third-order valence-electron chi connectivity index (χ3n) is 9.88. The lowest BCUT2D eigenvalue weighted by molar-refractivity contribution is -0.148. The maximum absolute atomic E-state index is 14.7. The summed E-state index contributed by atoms with van der Waals surface area (Å²) >= 11 is 1.69. The summed E-state index contributed by atoms with van der Waals surface area (Å²) in [4.78, 5) is 49.2. The summed E-state index contributed by atoms with van der Waals surface area (Å²) in [5.41, 5.74) is 1.02. The molecule has 42 heavy (non-hydrogen) atoms. The predicted molar refractivity (Wildman–Crippen MR) is 170 cm³/mol. The van der Waals surface area contributed by atoms with Gasteiger partial charge in [-0.3, -0.25) is 14.4 Å². The number of thioether (sulfide) groups is 1. The van der Waals surface area contributed by atoms with Crippen molar-refractivity contribution in [2.24, 2.45) is 17.8 Å². The highest BCUT2D eigenvalue weighted by molar-refractivity contribution is 8.02. The summed E-state index contributed by atoms with van der Waals surface area (Å²) < 4.78 is -1.18. The van der Waals surface area contributed by atoms with E-state index in [1.165, 1.54) is 0 Å². The van der Waals surface area contributed by atoms with Gasteiger partial charge in [-0.15, -0.1) is 24.9 Å². The van der Waals surface area contributed by atoms with E-state index in [1.807, 2.05) is 54.0 Å². The van der Waals surface area contributed by atoms with Crippen molar-refractivity contribution in [3.05, 3.63) is 61.2 Å². The zero-order chi connectivity index (χ0) is 30.7. The van der Waals surface area contributed by atoms with Crippen LogP contribution in [-0.2, 0) is 20.9 Å². The largest absolute Gasteiger partial charge is 0.394 e. The van der Waals surface area contributed by atoms with Gasteiger partial charge in [0.1, 0.15) is 6.04 Å². The monoisotopic (exact) mass is 595 g/mol. The summed E-state index contributed by atoms with van der Waals surface area (Å²) in [7, 11) is 0. The average Bonchev–Trinajstić information content (AvgIpc) is 3.56. The van der Waals surface area contributed by atoms with Crippen molar-refractivity contribution in [3.8, 4) is 0 Å². The Labute approximate surface area is 256 Å². The van der Waals surface area contributed by atoms with E-state index in [4.69, 9.17) is 0 Å². The van der Waals surface area contributed by atoms with E-state index < -0.39 is 33.4 Å². The van der Waals surface area contributed by atoms with E-state index in [2.05, 4.69) is 27.0 Å². The van der Waals surface area contributed by atoms with E-state index in [0.29, 0.717) is 32.6 Å². The van der Waals surface area contributed by atoms with Crippen LogP contribution in [0, 0.1) is 17.8 Å². The number of carbonyl (C=O) groups excluding carboxylic acids is 3. The molecule has 4 rings (SSSR count). The topological polar surface area (TPSA) is 81.2 Å². The number of fused-ring (bicyclic) bond motifs is 1. The Bertz CT molecular complexity index is 1160. The van der Waals surface area contributed by atoms with Crippen molar-refractivity contribution in [1.82, 2.24) is 14.7 Å². The lowest BCUT2D eigenvalue weighted by Crippen LogP contribution is -2.58. The second-order valence-electron chi connectivity index (χ2n) is 12.5. The van der Waals surface area contributed by atoms with Gasteiger partial charge in [-0.1, -0.05) is 76.1 Å². The Hall–Kier alpha value is -2.58. The van der Waals surface area contributed by atoms with E-state index >= 15 is 0 Å². The van der Waals surface area contributed by atoms with Crippen molar-refractivity contribution in [3.63, 3.8) is 0 Å². The van der Waals surface area contributed by atoms with Gasteiger partial charge in [-0.05, 0) is 37.7 Å². The summed E-state index contributed by atoms with van der Waals surface area (Å²) in [5.74, 6) is -1.49. The first-order valence-electron chi connectivity index (χ1n) is 15.6. The molecule has 3 aliphatic heterocycles. The fourth-order valence-electron chi connectivity index (χ4n) is 7.55. The molecule has 230 valence electrons. The van der Waals surface area contributed by atoms with E-state index in [9.17, 15) is 19.5 Å². The highest BCUT2D eigenvalue weighted by atomic mass is 32.2. The van der Waals surface area contributed by atoms with Gasteiger partial charge in [-0.2, -0.15) is 0 Å². The van der Waals surface area contributed by atoms with Gasteiger partial charge in [0.25, 0.3) is 0 Å². The van der Waals surface area contributed by atoms with Gasteiger partial charge in [0.05, 0.1) is 29.2 Å². The second-order valence-corrected chi connectivity index (χ2v) is 14.4.